The third kappa shape index (κ3) is 7.31. The molecule has 0 atom stereocenters. The largest absolute Gasteiger partial charge is 0.324 e. The summed E-state index contributed by atoms with van der Waals surface area (Å²) in [6.07, 6.45) is 8.42. The fourth-order valence-electron chi connectivity index (χ4n) is 3.51. The zero-order valence-electron chi connectivity index (χ0n) is 21.5. The fourth-order valence-corrected chi connectivity index (χ4v) is 3.51. The molecular formula is C29H29N7O2. The third-order valence-corrected chi connectivity index (χ3v) is 5.51. The third-order valence-electron chi connectivity index (χ3n) is 5.51. The Bertz CT molecular complexity index is 1440. The lowest BCUT2D eigenvalue weighted by molar-refractivity contribution is -0.111. The number of aromatic nitrogens is 3. The zero-order valence-corrected chi connectivity index (χ0v) is 21.5. The number of hydrogen-bond donors (Lipinski definition) is 3. The highest BCUT2D eigenvalue weighted by Gasteiger charge is 2.10. The smallest absolute Gasteiger partial charge is 0.255 e. The molecule has 0 aliphatic carbocycles. The van der Waals surface area contributed by atoms with Gasteiger partial charge in [0.2, 0.25) is 11.9 Å². The molecule has 2 aromatic carbocycles. The minimum absolute atomic E-state index is 0.223. The number of nitrogens with zero attached hydrogens (tertiary/aromatic N) is 4. The average molecular weight is 508 g/mol. The number of aryl methyl sites for hydroxylation is 1. The standard InChI is InChI=1S/C29H29N7O2/c1-20-8-11-24(18-26(20)35-29-31-16-14-25(34-29)22-6-4-15-30-19-22)33-28(38)21-9-12-23(13-10-21)32-27(37)7-5-17-36(2)3/h4-16,18-19H,17H2,1-3H3,(H,32,37)(H,33,38)(H,31,34,35)/b7-5+. The second-order valence-corrected chi connectivity index (χ2v) is 8.85. The van der Waals surface area contributed by atoms with Gasteiger partial charge in [-0.05, 0) is 81.2 Å². The van der Waals surface area contributed by atoms with E-state index in [9.17, 15) is 9.59 Å². The summed E-state index contributed by atoms with van der Waals surface area (Å²) >= 11 is 0. The van der Waals surface area contributed by atoms with Gasteiger partial charge in [-0.3, -0.25) is 14.6 Å². The van der Waals surface area contributed by atoms with Crippen molar-refractivity contribution < 1.29 is 9.59 Å². The molecule has 0 radical (unpaired) electrons. The molecule has 3 N–H and O–H groups in total. The number of carbonyl (C=O) groups is 2. The van der Waals surface area contributed by atoms with E-state index in [2.05, 4.69) is 30.9 Å². The van der Waals surface area contributed by atoms with E-state index in [4.69, 9.17) is 0 Å². The molecule has 38 heavy (non-hydrogen) atoms. The summed E-state index contributed by atoms with van der Waals surface area (Å²) in [5.41, 5.74) is 5.08. The number of benzene rings is 2. The molecule has 0 unspecified atom stereocenters. The molecule has 2 heterocycles. The van der Waals surface area contributed by atoms with E-state index in [1.807, 2.05) is 62.3 Å². The van der Waals surface area contributed by atoms with Gasteiger partial charge in [0.1, 0.15) is 0 Å². The van der Waals surface area contributed by atoms with Crippen LogP contribution >= 0.6 is 0 Å². The normalized spacial score (nSPS) is 10.9. The summed E-state index contributed by atoms with van der Waals surface area (Å²) in [4.78, 5) is 39.9. The molecule has 192 valence electrons. The summed E-state index contributed by atoms with van der Waals surface area (Å²) in [5, 5.41) is 8.94. The van der Waals surface area contributed by atoms with E-state index < -0.39 is 0 Å². The number of carbonyl (C=O) groups excluding carboxylic acids is 2. The van der Waals surface area contributed by atoms with E-state index in [1.54, 1.807) is 48.9 Å². The first-order chi connectivity index (χ1) is 18.4. The number of likely N-dealkylation sites (N-methyl/N-ethyl adjacent to an activating group) is 1. The first-order valence-electron chi connectivity index (χ1n) is 12.0. The Kier molecular flexibility index (Phi) is 8.53. The van der Waals surface area contributed by atoms with Crippen LogP contribution in [-0.2, 0) is 4.79 Å². The topological polar surface area (TPSA) is 112 Å². The molecule has 4 aromatic rings. The fraction of sp³-hybridized carbons (Fsp3) is 0.138. The van der Waals surface area contributed by atoms with Gasteiger partial charge in [-0.2, -0.15) is 0 Å². The van der Waals surface area contributed by atoms with Crippen molar-refractivity contribution in [2.75, 3.05) is 36.6 Å². The van der Waals surface area contributed by atoms with Gasteiger partial charge >= 0.3 is 0 Å². The molecule has 0 aliphatic rings. The zero-order chi connectivity index (χ0) is 26.9. The molecular weight excluding hydrogens is 478 g/mol. The molecule has 0 fully saturated rings. The van der Waals surface area contributed by atoms with Crippen molar-refractivity contribution in [3.63, 3.8) is 0 Å². The maximum atomic E-state index is 12.8. The van der Waals surface area contributed by atoms with Crippen LogP contribution in [0.3, 0.4) is 0 Å². The minimum Gasteiger partial charge on any atom is -0.324 e. The first-order valence-corrected chi connectivity index (χ1v) is 12.0. The van der Waals surface area contributed by atoms with Crippen molar-refractivity contribution in [3.05, 3.63) is 103 Å². The lowest BCUT2D eigenvalue weighted by atomic mass is 10.1. The Labute approximate surface area is 221 Å². The molecule has 2 amide bonds. The van der Waals surface area contributed by atoms with Crippen molar-refractivity contribution in [3.8, 4) is 11.3 Å². The Hall–Kier alpha value is -4.89. The maximum Gasteiger partial charge on any atom is 0.255 e. The van der Waals surface area contributed by atoms with Gasteiger partial charge in [-0.1, -0.05) is 12.1 Å². The van der Waals surface area contributed by atoms with Crippen LogP contribution in [0.15, 0.2) is 91.4 Å². The van der Waals surface area contributed by atoms with Gasteiger partial charge in [-0.25, -0.2) is 9.97 Å². The highest BCUT2D eigenvalue weighted by Crippen LogP contribution is 2.24. The number of hydrogen-bond acceptors (Lipinski definition) is 7. The van der Waals surface area contributed by atoms with Crippen molar-refractivity contribution >= 4 is 34.8 Å². The number of anilines is 4. The van der Waals surface area contributed by atoms with E-state index >= 15 is 0 Å². The van der Waals surface area contributed by atoms with E-state index in [0.29, 0.717) is 29.4 Å². The van der Waals surface area contributed by atoms with Crippen molar-refractivity contribution in [1.82, 2.24) is 19.9 Å². The van der Waals surface area contributed by atoms with Crippen LogP contribution in [0.2, 0.25) is 0 Å². The molecule has 9 nitrogen and oxygen atoms in total. The van der Waals surface area contributed by atoms with Crippen LogP contribution in [0, 0.1) is 6.92 Å². The molecule has 9 heteroatoms. The van der Waals surface area contributed by atoms with Gasteiger partial charge in [0.05, 0.1) is 5.69 Å². The highest BCUT2D eigenvalue weighted by atomic mass is 16.2. The van der Waals surface area contributed by atoms with Crippen LogP contribution in [-0.4, -0.2) is 52.3 Å². The van der Waals surface area contributed by atoms with E-state index in [0.717, 1.165) is 22.5 Å². The van der Waals surface area contributed by atoms with Crippen molar-refractivity contribution in [2.45, 2.75) is 6.92 Å². The predicted molar refractivity (Wildman–Crippen MR) is 150 cm³/mol. The molecule has 2 aromatic heterocycles. The number of amides is 2. The SMILES string of the molecule is Cc1ccc(NC(=O)c2ccc(NC(=O)/C=C/CN(C)C)cc2)cc1Nc1nccc(-c2cccnc2)n1. The quantitative estimate of drug-likeness (QED) is 0.276. The number of nitrogens with one attached hydrogen (secondary N) is 3. The Morgan fingerprint density at radius 2 is 1.74 bits per heavy atom. The molecule has 0 saturated carbocycles. The average Bonchev–Trinajstić information content (AvgIpc) is 2.91. The monoisotopic (exact) mass is 507 g/mol. The lowest BCUT2D eigenvalue weighted by Crippen LogP contribution is -2.14. The molecule has 0 bridgehead atoms. The van der Waals surface area contributed by atoms with Crippen LogP contribution < -0.4 is 16.0 Å². The van der Waals surface area contributed by atoms with Gasteiger partial charge in [0.25, 0.3) is 5.91 Å². The van der Waals surface area contributed by atoms with Crippen LogP contribution in [0.5, 0.6) is 0 Å². The van der Waals surface area contributed by atoms with Crippen molar-refractivity contribution in [1.29, 1.82) is 0 Å². The molecule has 4 rings (SSSR count). The van der Waals surface area contributed by atoms with E-state index in [1.165, 1.54) is 6.08 Å². The summed E-state index contributed by atoms with van der Waals surface area (Å²) in [6.45, 7) is 2.63. The Balaban J connectivity index is 1.40. The van der Waals surface area contributed by atoms with Crippen LogP contribution in [0.25, 0.3) is 11.3 Å². The van der Waals surface area contributed by atoms with Crippen LogP contribution in [0.1, 0.15) is 15.9 Å². The Morgan fingerprint density at radius 3 is 2.47 bits per heavy atom. The van der Waals surface area contributed by atoms with Crippen LogP contribution in [0.4, 0.5) is 23.0 Å². The molecule has 0 spiro atoms. The Morgan fingerprint density at radius 1 is 0.947 bits per heavy atom. The second kappa shape index (κ2) is 12.4. The lowest BCUT2D eigenvalue weighted by Gasteiger charge is -2.12. The molecule has 0 aliphatic heterocycles. The van der Waals surface area contributed by atoms with Gasteiger partial charge in [-0.15, -0.1) is 0 Å². The van der Waals surface area contributed by atoms with E-state index in [-0.39, 0.29) is 11.8 Å². The second-order valence-electron chi connectivity index (χ2n) is 8.85. The van der Waals surface area contributed by atoms with Crippen molar-refractivity contribution in [2.24, 2.45) is 0 Å². The predicted octanol–water partition coefficient (Wildman–Crippen LogP) is 4.90. The summed E-state index contributed by atoms with van der Waals surface area (Å²) in [5.74, 6) is -0.0517. The number of pyridine rings is 1. The highest BCUT2D eigenvalue weighted by molar-refractivity contribution is 6.05. The minimum atomic E-state index is -0.265. The summed E-state index contributed by atoms with van der Waals surface area (Å²) in [6, 6.07) is 17.9. The first kappa shape index (κ1) is 26.2. The summed E-state index contributed by atoms with van der Waals surface area (Å²) in [7, 11) is 3.86. The maximum absolute atomic E-state index is 12.8. The van der Waals surface area contributed by atoms with Gasteiger partial charge < -0.3 is 20.9 Å². The number of rotatable bonds is 9. The van der Waals surface area contributed by atoms with Gasteiger partial charge in [0, 0.05) is 59.4 Å². The molecule has 0 saturated heterocycles. The van der Waals surface area contributed by atoms with Gasteiger partial charge in [0.15, 0.2) is 0 Å². The summed E-state index contributed by atoms with van der Waals surface area (Å²) < 4.78 is 0.